The molecule has 0 aliphatic rings. The summed E-state index contributed by atoms with van der Waals surface area (Å²) < 4.78 is 38.3. The zero-order chi connectivity index (χ0) is 16.4. The molecule has 0 unspecified atom stereocenters. The first kappa shape index (κ1) is 16.8. The zero-order valence-electron chi connectivity index (χ0n) is 10.6. The van der Waals surface area contributed by atoms with Gasteiger partial charge in [-0.1, -0.05) is 11.6 Å². The van der Waals surface area contributed by atoms with Gasteiger partial charge >= 0.3 is 12.1 Å². The number of hydrogen-bond donors (Lipinski definition) is 3. The number of nitrogens with two attached hydrogens (primary N) is 1. The maximum Gasteiger partial charge on any atom is 0.418 e. The number of hydrogen-bond acceptors (Lipinski definition) is 3. The highest BCUT2D eigenvalue weighted by atomic mass is 35.5. The minimum Gasteiger partial charge on any atom is -0.477 e. The lowest BCUT2D eigenvalue weighted by atomic mass is 10.1. The molecule has 1 amide bonds. The standard InChI is InChI=1S/C12H10ClF3N2O3/c1-5(19)18-9(11(20)21)4-6-2-7(12(14,15)16)10(17)8(13)3-6/h2-4H,17H2,1H3,(H,18,19)(H,20,21)/b9-4+. The summed E-state index contributed by atoms with van der Waals surface area (Å²) in [7, 11) is 0. The van der Waals surface area contributed by atoms with E-state index in [9.17, 15) is 22.8 Å². The molecule has 0 fully saturated rings. The van der Waals surface area contributed by atoms with Crippen molar-refractivity contribution in [2.45, 2.75) is 13.1 Å². The van der Waals surface area contributed by atoms with E-state index in [2.05, 4.69) is 0 Å². The maximum absolute atomic E-state index is 12.8. The monoisotopic (exact) mass is 322 g/mol. The van der Waals surface area contributed by atoms with Crippen LogP contribution in [0.3, 0.4) is 0 Å². The van der Waals surface area contributed by atoms with Crippen molar-refractivity contribution < 1.29 is 27.9 Å². The lowest BCUT2D eigenvalue weighted by Crippen LogP contribution is -2.24. The smallest absolute Gasteiger partial charge is 0.418 e. The van der Waals surface area contributed by atoms with Gasteiger partial charge in [-0.2, -0.15) is 13.2 Å². The summed E-state index contributed by atoms with van der Waals surface area (Å²) in [6.07, 6.45) is -3.89. The van der Waals surface area contributed by atoms with Crippen LogP contribution in [0.15, 0.2) is 17.8 Å². The molecule has 9 heteroatoms. The quantitative estimate of drug-likeness (QED) is 0.589. The predicted molar refractivity (Wildman–Crippen MR) is 70.3 cm³/mol. The molecule has 0 aliphatic carbocycles. The minimum absolute atomic E-state index is 0.160. The Hall–Kier alpha value is -2.22. The van der Waals surface area contributed by atoms with Crippen LogP contribution >= 0.6 is 11.6 Å². The van der Waals surface area contributed by atoms with E-state index in [-0.39, 0.29) is 10.6 Å². The van der Waals surface area contributed by atoms with Crippen LogP contribution in [-0.2, 0) is 15.8 Å². The highest BCUT2D eigenvalue weighted by Gasteiger charge is 2.34. The minimum atomic E-state index is -4.74. The third-order valence-corrected chi connectivity index (χ3v) is 2.62. The van der Waals surface area contributed by atoms with Gasteiger partial charge in [0.2, 0.25) is 5.91 Å². The van der Waals surface area contributed by atoms with Crippen molar-refractivity contribution in [3.05, 3.63) is 34.0 Å². The number of amides is 1. The van der Waals surface area contributed by atoms with Gasteiger partial charge in [-0.3, -0.25) is 4.79 Å². The Bertz CT molecular complexity index is 627. The Labute approximate surface area is 122 Å². The van der Waals surface area contributed by atoms with E-state index in [1.54, 1.807) is 0 Å². The number of alkyl halides is 3. The molecule has 114 valence electrons. The van der Waals surface area contributed by atoms with Crippen LogP contribution in [0.1, 0.15) is 18.1 Å². The maximum atomic E-state index is 12.8. The van der Waals surface area contributed by atoms with E-state index in [1.807, 2.05) is 5.32 Å². The van der Waals surface area contributed by atoms with Gasteiger partial charge in [0.05, 0.1) is 16.3 Å². The molecule has 0 radical (unpaired) electrons. The van der Waals surface area contributed by atoms with Crippen LogP contribution in [-0.4, -0.2) is 17.0 Å². The van der Waals surface area contributed by atoms with Gasteiger partial charge in [-0.25, -0.2) is 4.79 Å². The number of carboxylic acid groups (broad SMARTS) is 1. The molecule has 0 atom stereocenters. The molecular weight excluding hydrogens is 313 g/mol. The van der Waals surface area contributed by atoms with Crippen molar-refractivity contribution in [1.29, 1.82) is 0 Å². The van der Waals surface area contributed by atoms with Crippen LogP contribution in [0.4, 0.5) is 18.9 Å². The van der Waals surface area contributed by atoms with Crippen LogP contribution in [0.5, 0.6) is 0 Å². The Kier molecular flexibility index (Phi) is 4.84. The first-order chi connectivity index (χ1) is 9.52. The molecule has 0 aromatic heterocycles. The normalized spacial score (nSPS) is 12.1. The van der Waals surface area contributed by atoms with Gasteiger partial charge in [0.25, 0.3) is 0 Å². The van der Waals surface area contributed by atoms with Crippen molar-refractivity contribution in [1.82, 2.24) is 5.32 Å². The molecule has 0 heterocycles. The average Bonchev–Trinajstić information content (AvgIpc) is 2.30. The molecule has 0 bridgehead atoms. The lowest BCUT2D eigenvalue weighted by Gasteiger charge is -2.12. The fourth-order valence-electron chi connectivity index (χ4n) is 1.46. The van der Waals surface area contributed by atoms with Gasteiger partial charge in [0.15, 0.2) is 0 Å². The number of benzene rings is 1. The fourth-order valence-corrected chi connectivity index (χ4v) is 1.69. The van der Waals surface area contributed by atoms with Crippen LogP contribution in [0.25, 0.3) is 6.08 Å². The summed E-state index contributed by atoms with van der Waals surface area (Å²) in [6.45, 7) is 1.06. The summed E-state index contributed by atoms with van der Waals surface area (Å²) >= 11 is 5.60. The zero-order valence-corrected chi connectivity index (χ0v) is 11.3. The molecule has 4 N–H and O–H groups in total. The largest absolute Gasteiger partial charge is 0.477 e. The number of nitrogens with one attached hydrogen (secondary N) is 1. The molecule has 21 heavy (non-hydrogen) atoms. The fraction of sp³-hybridized carbons (Fsp3) is 0.167. The van der Waals surface area contributed by atoms with Gasteiger partial charge in [0.1, 0.15) is 5.70 Å². The van der Waals surface area contributed by atoms with E-state index in [1.165, 1.54) is 0 Å². The van der Waals surface area contributed by atoms with Crippen molar-refractivity contribution in [2.75, 3.05) is 5.73 Å². The summed E-state index contributed by atoms with van der Waals surface area (Å²) in [5.41, 5.74) is 2.66. The van der Waals surface area contributed by atoms with Crippen molar-refractivity contribution in [3.63, 3.8) is 0 Å². The number of carbonyl (C=O) groups excluding carboxylic acids is 1. The number of nitrogen functional groups attached to an aromatic ring is 1. The predicted octanol–water partition coefficient (Wildman–Crippen LogP) is 2.50. The second kappa shape index (κ2) is 6.04. The van der Waals surface area contributed by atoms with Gasteiger partial charge in [-0.05, 0) is 23.8 Å². The van der Waals surface area contributed by atoms with Crippen molar-refractivity contribution in [2.24, 2.45) is 0 Å². The molecule has 1 aromatic carbocycles. The average molecular weight is 323 g/mol. The molecule has 1 aromatic rings. The first-order valence-corrected chi connectivity index (χ1v) is 5.79. The highest BCUT2D eigenvalue weighted by Crippen LogP contribution is 2.38. The van der Waals surface area contributed by atoms with Gasteiger partial charge in [-0.15, -0.1) is 0 Å². The van der Waals surface area contributed by atoms with Crippen LogP contribution < -0.4 is 11.1 Å². The number of rotatable bonds is 3. The van der Waals surface area contributed by atoms with Crippen molar-refractivity contribution in [3.8, 4) is 0 Å². The lowest BCUT2D eigenvalue weighted by molar-refractivity contribution is -0.137. The molecule has 1 rings (SSSR count). The second-order valence-corrected chi connectivity index (χ2v) is 4.41. The van der Waals surface area contributed by atoms with Crippen LogP contribution in [0, 0.1) is 0 Å². The number of anilines is 1. The summed E-state index contributed by atoms with van der Waals surface area (Å²) in [4.78, 5) is 21.8. The third-order valence-electron chi connectivity index (χ3n) is 2.31. The molecular formula is C12H10ClF3N2O3. The molecule has 0 spiro atoms. The van der Waals surface area contributed by atoms with Gasteiger partial charge < -0.3 is 16.2 Å². The number of carboxylic acids is 1. The second-order valence-electron chi connectivity index (χ2n) is 4.01. The topological polar surface area (TPSA) is 92.4 Å². The SMILES string of the molecule is CC(=O)N/C(=C/c1cc(Cl)c(N)c(C(F)(F)F)c1)C(=O)O. The number of aliphatic carboxylic acids is 1. The third kappa shape index (κ3) is 4.38. The van der Waals surface area contributed by atoms with E-state index in [0.29, 0.717) is 6.07 Å². The van der Waals surface area contributed by atoms with Gasteiger partial charge in [0, 0.05) is 6.92 Å². The van der Waals surface area contributed by atoms with E-state index < -0.39 is 35.0 Å². The molecule has 0 saturated heterocycles. The molecule has 0 aliphatic heterocycles. The Morgan fingerprint density at radius 1 is 1.38 bits per heavy atom. The van der Waals surface area contributed by atoms with E-state index in [0.717, 1.165) is 19.1 Å². The molecule has 0 saturated carbocycles. The van der Waals surface area contributed by atoms with E-state index in [4.69, 9.17) is 22.4 Å². The Morgan fingerprint density at radius 2 is 1.95 bits per heavy atom. The van der Waals surface area contributed by atoms with E-state index >= 15 is 0 Å². The summed E-state index contributed by atoms with van der Waals surface area (Å²) in [5.74, 6) is -2.19. The van der Waals surface area contributed by atoms with Crippen LogP contribution in [0.2, 0.25) is 5.02 Å². The number of carbonyl (C=O) groups is 2. The summed E-state index contributed by atoms with van der Waals surface area (Å²) in [5, 5.41) is 10.5. The van der Waals surface area contributed by atoms with Crippen molar-refractivity contribution >= 4 is 35.2 Å². The Morgan fingerprint density at radius 3 is 2.38 bits per heavy atom. The Balaban J connectivity index is 3.40. The first-order valence-electron chi connectivity index (χ1n) is 5.41. The molecule has 5 nitrogen and oxygen atoms in total. The summed E-state index contributed by atoms with van der Waals surface area (Å²) in [6, 6.07) is 1.71. The highest BCUT2D eigenvalue weighted by molar-refractivity contribution is 6.33. The number of halogens is 4.